The van der Waals surface area contributed by atoms with E-state index in [1.54, 1.807) is 24.3 Å². The van der Waals surface area contributed by atoms with Gasteiger partial charge in [-0.25, -0.2) is 13.4 Å². The summed E-state index contributed by atoms with van der Waals surface area (Å²) in [5.41, 5.74) is 2.13. The fraction of sp³-hybridized carbons (Fsp3) is 0.158. The second-order valence-corrected chi connectivity index (χ2v) is 7.85. The number of rotatable bonds is 5. The number of para-hydroxylation sites is 1. The van der Waals surface area contributed by atoms with Crippen LogP contribution in [0.4, 0.5) is 5.69 Å². The van der Waals surface area contributed by atoms with E-state index in [1.165, 1.54) is 12.1 Å². The third kappa shape index (κ3) is 3.82. The maximum atomic E-state index is 12.7. The minimum atomic E-state index is -3.82. The standard InChI is InChI=1S/C19H18N4O2S/c1-23(2)13-16-10-9-15-6-4-8-18(19(15)21-16)22-26(24,25)17-7-3-5-14(11-17)12-20/h3-11,22H,13H2,1-2H3. The maximum absolute atomic E-state index is 12.7. The molecule has 0 spiro atoms. The average Bonchev–Trinajstić information content (AvgIpc) is 2.61. The minimum Gasteiger partial charge on any atom is -0.304 e. The molecular formula is C19H18N4O2S. The Balaban J connectivity index is 2.03. The first kappa shape index (κ1) is 17.9. The molecule has 7 heteroatoms. The molecule has 0 aliphatic carbocycles. The molecule has 0 saturated carbocycles. The number of sulfonamides is 1. The van der Waals surface area contributed by atoms with Crippen LogP contribution >= 0.6 is 0 Å². The second kappa shape index (κ2) is 7.12. The lowest BCUT2D eigenvalue weighted by molar-refractivity contribution is 0.397. The average molecular weight is 366 g/mol. The van der Waals surface area contributed by atoms with Gasteiger partial charge in [0.1, 0.15) is 0 Å². The van der Waals surface area contributed by atoms with Gasteiger partial charge in [0.15, 0.2) is 0 Å². The lowest BCUT2D eigenvalue weighted by Gasteiger charge is -2.13. The van der Waals surface area contributed by atoms with E-state index in [4.69, 9.17) is 5.26 Å². The molecule has 0 radical (unpaired) electrons. The molecule has 0 aliphatic rings. The molecular weight excluding hydrogens is 348 g/mol. The van der Waals surface area contributed by atoms with Gasteiger partial charge in [0, 0.05) is 11.9 Å². The van der Waals surface area contributed by atoms with Crippen molar-refractivity contribution in [3.63, 3.8) is 0 Å². The van der Waals surface area contributed by atoms with Crippen LogP contribution < -0.4 is 4.72 Å². The monoisotopic (exact) mass is 366 g/mol. The number of nitriles is 1. The van der Waals surface area contributed by atoms with Gasteiger partial charge < -0.3 is 4.90 Å². The topological polar surface area (TPSA) is 86.1 Å². The normalized spacial score (nSPS) is 11.5. The number of nitrogens with zero attached hydrogens (tertiary/aromatic N) is 3. The molecule has 0 saturated heterocycles. The number of anilines is 1. The van der Waals surface area contributed by atoms with Gasteiger partial charge in [0.2, 0.25) is 0 Å². The first-order valence-corrected chi connectivity index (χ1v) is 9.44. The summed E-state index contributed by atoms with van der Waals surface area (Å²) in [7, 11) is 0.0694. The zero-order valence-electron chi connectivity index (χ0n) is 14.5. The quantitative estimate of drug-likeness (QED) is 0.750. The summed E-state index contributed by atoms with van der Waals surface area (Å²) in [4.78, 5) is 6.64. The van der Waals surface area contributed by atoms with Crippen molar-refractivity contribution >= 4 is 26.6 Å². The third-order valence-corrected chi connectivity index (χ3v) is 5.14. The number of hydrogen-bond acceptors (Lipinski definition) is 5. The van der Waals surface area contributed by atoms with Gasteiger partial charge in [0.05, 0.1) is 33.4 Å². The molecule has 132 valence electrons. The zero-order chi connectivity index (χ0) is 18.7. The predicted octanol–water partition coefficient (Wildman–Crippen LogP) is 2.97. The van der Waals surface area contributed by atoms with E-state index >= 15 is 0 Å². The van der Waals surface area contributed by atoms with Crippen LogP contribution in [0.5, 0.6) is 0 Å². The van der Waals surface area contributed by atoms with Gasteiger partial charge in [-0.15, -0.1) is 0 Å². The summed E-state index contributed by atoms with van der Waals surface area (Å²) in [5.74, 6) is 0. The van der Waals surface area contributed by atoms with Crippen LogP contribution in [0.15, 0.2) is 59.5 Å². The number of hydrogen-bond donors (Lipinski definition) is 1. The Morgan fingerprint density at radius 1 is 1.12 bits per heavy atom. The van der Waals surface area contributed by atoms with Gasteiger partial charge >= 0.3 is 0 Å². The van der Waals surface area contributed by atoms with Crippen LogP contribution in [-0.2, 0) is 16.6 Å². The van der Waals surface area contributed by atoms with E-state index in [0.717, 1.165) is 11.1 Å². The molecule has 6 nitrogen and oxygen atoms in total. The van der Waals surface area contributed by atoms with Crippen LogP contribution in [0.3, 0.4) is 0 Å². The molecule has 0 aliphatic heterocycles. The number of nitrogens with one attached hydrogen (secondary N) is 1. The smallest absolute Gasteiger partial charge is 0.262 e. The van der Waals surface area contributed by atoms with E-state index in [0.29, 0.717) is 17.7 Å². The maximum Gasteiger partial charge on any atom is 0.262 e. The first-order chi connectivity index (χ1) is 12.4. The highest BCUT2D eigenvalue weighted by Crippen LogP contribution is 2.25. The molecule has 0 fully saturated rings. The molecule has 2 aromatic carbocycles. The highest BCUT2D eigenvalue weighted by atomic mass is 32.2. The van der Waals surface area contributed by atoms with Gasteiger partial charge in [-0.2, -0.15) is 5.26 Å². The molecule has 1 N–H and O–H groups in total. The van der Waals surface area contributed by atoms with Crippen molar-refractivity contribution in [1.29, 1.82) is 5.26 Å². The highest BCUT2D eigenvalue weighted by Gasteiger charge is 2.16. The number of aromatic nitrogens is 1. The van der Waals surface area contributed by atoms with E-state index in [1.807, 2.05) is 43.3 Å². The van der Waals surface area contributed by atoms with Crippen molar-refractivity contribution in [2.75, 3.05) is 18.8 Å². The Kier molecular flexibility index (Phi) is 4.89. The van der Waals surface area contributed by atoms with Gasteiger partial charge in [-0.1, -0.05) is 24.3 Å². The Hall–Kier alpha value is -2.95. The van der Waals surface area contributed by atoms with E-state index < -0.39 is 10.0 Å². The third-order valence-electron chi connectivity index (χ3n) is 3.77. The van der Waals surface area contributed by atoms with Crippen LogP contribution in [0.1, 0.15) is 11.3 Å². The second-order valence-electron chi connectivity index (χ2n) is 6.16. The summed E-state index contributed by atoms with van der Waals surface area (Å²) < 4.78 is 28.0. The van der Waals surface area contributed by atoms with E-state index in [2.05, 4.69) is 9.71 Å². The molecule has 0 atom stereocenters. The SMILES string of the molecule is CN(C)Cc1ccc2cccc(NS(=O)(=O)c3cccc(C#N)c3)c2n1. The number of benzene rings is 2. The Bertz CT molecular complexity index is 1100. The zero-order valence-corrected chi connectivity index (χ0v) is 15.3. The molecule has 3 rings (SSSR count). The van der Waals surface area contributed by atoms with Crippen molar-refractivity contribution in [3.05, 3.63) is 65.9 Å². The van der Waals surface area contributed by atoms with Gasteiger partial charge in [0.25, 0.3) is 10.0 Å². The van der Waals surface area contributed by atoms with Crippen LogP contribution in [-0.4, -0.2) is 32.4 Å². The molecule has 0 unspecified atom stereocenters. The Morgan fingerprint density at radius 2 is 1.88 bits per heavy atom. The van der Waals surface area contributed by atoms with E-state index in [-0.39, 0.29) is 10.5 Å². The molecule has 26 heavy (non-hydrogen) atoms. The Labute approximate surface area is 152 Å². The molecule has 3 aromatic rings. The number of fused-ring (bicyclic) bond motifs is 1. The van der Waals surface area contributed by atoms with Gasteiger partial charge in [-0.3, -0.25) is 4.72 Å². The fourth-order valence-electron chi connectivity index (χ4n) is 2.62. The van der Waals surface area contributed by atoms with Crippen LogP contribution in [0.25, 0.3) is 10.9 Å². The number of pyridine rings is 1. The molecule has 1 aromatic heterocycles. The summed E-state index contributed by atoms with van der Waals surface area (Å²) in [6, 6.07) is 17.1. The van der Waals surface area contributed by atoms with Gasteiger partial charge in [-0.05, 0) is 44.4 Å². The Morgan fingerprint density at radius 3 is 2.62 bits per heavy atom. The summed E-state index contributed by atoms with van der Waals surface area (Å²) in [5, 5.41) is 9.83. The molecule has 0 amide bonds. The largest absolute Gasteiger partial charge is 0.304 e. The van der Waals surface area contributed by atoms with Crippen LogP contribution in [0.2, 0.25) is 0 Å². The van der Waals surface area contributed by atoms with Crippen molar-refractivity contribution in [3.8, 4) is 6.07 Å². The minimum absolute atomic E-state index is 0.0398. The molecule has 0 bridgehead atoms. The van der Waals surface area contributed by atoms with Crippen molar-refractivity contribution in [2.45, 2.75) is 11.4 Å². The highest BCUT2D eigenvalue weighted by molar-refractivity contribution is 7.92. The lowest BCUT2D eigenvalue weighted by atomic mass is 10.2. The van der Waals surface area contributed by atoms with Crippen LogP contribution in [0, 0.1) is 11.3 Å². The van der Waals surface area contributed by atoms with Crippen molar-refractivity contribution in [1.82, 2.24) is 9.88 Å². The van der Waals surface area contributed by atoms with E-state index in [9.17, 15) is 8.42 Å². The lowest BCUT2D eigenvalue weighted by Crippen LogP contribution is -2.14. The summed E-state index contributed by atoms with van der Waals surface area (Å²) >= 11 is 0. The van der Waals surface area contributed by atoms with Crippen molar-refractivity contribution < 1.29 is 8.42 Å². The molecule has 1 heterocycles. The van der Waals surface area contributed by atoms with Crippen molar-refractivity contribution in [2.24, 2.45) is 0 Å². The first-order valence-electron chi connectivity index (χ1n) is 7.95. The predicted molar refractivity (Wildman–Crippen MR) is 101 cm³/mol. The fourth-order valence-corrected chi connectivity index (χ4v) is 3.73. The summed E-state index contributed by atoms with van der Waals surface area (Å²) in [6.45, 7) is 0.654. The summed E-state index contributed by atoms with van der Waals surface area (Å²) in [6.07, 6.45) is 0.